The first-order chi connectivity index (χ1) is 13.6. The fourth-order valence-corrected chi connectivity index (χ4v) is 3.94. The number of halogens is 1. The van der Waals surface area contributed by atoms with E-state index in [1.807, 2.05) is 41.2 Å². The smallest absolute Gasteiger partial charge is 0.319 e. The summed E-state index contributed by atoms with van der Waals surface area (Å²) < 4.78 is 15.2. The van der Waals surface area contributed by atoms with Crippen molar-refractivity contribution in [1.29, 1.82) is 0 Å². The first-order valence-corrected chi connectivity index (χ1v) is 9.55. The predicted octanol–water partition coefficient (Wildman–Crippen LogP) is 4.66. The molecule has 1 saturated carbocycles. The zero-order valence-electron chi connectivity index (χ0n) is 15.6. The summed E-state index contributed by atoms with van der Waals surface area (Å²) in [7, 11) is 0. The number of nitrogens with one attached hydrogen (secondary N) is 2. The number of hydrogen-bond donors (Lipinski definition) is 2. The highest BCUT2D eigenvalue weighted by Gasteiger charge is 2.37. The number of carbonyl (C=O) groups excluding carboxylic acids is 1. The van der Waals surface area contributed by atoms with Crippen molar-refractivity contribution >= 4 is 11.7 Å². The van der Waals surface area contributed by atoms with Gasteiger partial charge in [-0.3, -0.25) is 4.68 Å². The van der Waals surface area contributed by atoms with Crippen LogP contribution in [-0.2, 0) is 12.1 Å². The zero-order valence-corrected chi connectivity index (χ0v) is 15.6. The number of rotatable bonds is 5. The van der Waals surface area contributed by atoms with E-state index in [0.29, 0.717) is 6.54 Å². The van der Waals surface area contributed by atoms with Gasteiger partial charge in [-0.2, -0.15) is 5.10 Å². The molecule has 1 fully saturated rings. The van der Waals surface area contributed by atoms with Gasteiger partial charge in [-0.05, 0) is 54.3 Å². The van der Waals surface area contributed by atoms with Crippen molar-refractivity contribution < 1.29 is 9.18 Å². The number of nitrogens with zero attached hydrogens (tertiary/aromatic N) is 2. The van der Waals surface area contributed by atoms with Gasteiger partial charge in [-0.25, -0.2) is 9.18 Å². The first-order valence-electron chi connectivity index (χ1n) is 9.55. The summed E-state index contributed by atoms with van der Waals surface area (Å²) in [6.45, 7) is 0.643. The second-order valence-electron chi connectivity index (χ2n) is 7.28. The Kier molecular flexibility index (Phi) is 5.10. The van der Waals surface area contributed by atoms with Crippen LogP contribution in [0.4, 0.5) is 14.9 Å². The average molecular weight is 378 g/mol. The maximum absolute atomic E-state index is 13.3. The highest BCUT2D eigenvalue weighted by Crippen LogP contribution is 2.38. The van der Waals surface area contributed by atoms with E-state index in [4.69, 9.17) is 0 Å². The van der Waals surface area contributed by atoms with Gasteiger partial charge in [0.25, 0.3) is 0 Å². The van der Waals surface area contributed by atoms with Gasteiger partial charge in [0.2, 0.25) is 0 Å². The molecule has 5 nitrogen and oxygen atoms in total. The molecule has 3 aromatic rings. The van der Waals surface area contributed by atoms with Crippen LogP contribution >= 0.6 is 0 Å². The van der Waals surface area contributed by atoms with E-state index in [1.165, 1.54) is 12.1 Å². The van der Waals surface area contributed by atoms with Gasteiger partial charge in [-0.15, -0.1) is 0 Å². The van der Waals surface area contributed by atoms with Crippen LogP contribution in [0, 0.1) is 5.82 Å². The van der Waals surface area contributed by atoms with Gasteiger partial charge >= 0.3 is 6.03 Å². The minimum Gasteiger partial charge on any atom is -0.328 e. The topological polar surface area (TPSA) is 59.0 Å². The van der Waals surface area contributed by atoms with Crippen molar-refractivity contribution in [3.63, 3.8) is 0 Å². The Labute approximate surface area is 163 Å². The van der Waals surface area contributed by atoms with E-state index in [-0.39, 0.29) is 11.8 Å². The van der Waals surface area contributed by atoms with Gasteiger partial charge in [-0.1, -0.05) is 37.1 Å². The number of aromatic nitrogens is 2. The Morgan fingerprint density at radius 1 is 1.11 bits per heavy atom. The third kappa shape index (κ3) is 4.06. The molecule has 0 saturated heterocycles. The summed E-state index contributed by atoms with van der Waals surface area (Å²) in [5, 5.41) is 10.3. The van der Waals surface area contributed by atoms with E-state index in [2.05, 4.69) is 15.7 Å². The van der Waals surface area contributed by atoms with Crippen molar-refractivity contribution in [2.75, 3.05) is 5.32 Å². The molecular formula is C22H23FN4O. The van der Waals surface area contributed by atoms with Crippen LogP contribution in [0.25, 0.3) is 0 Å². The Balaban J connectivity index is 1.46. The third-order valence-electron chi connectivity index (χ3n) is 5.30. The molecule has 0 aliphatic heterocycles. The summed E-state index contributed by atoms with van der Waals surface area (Å²) in [5.41, 5.74) is 2.30. The van der Waals surface area contributed by atoms with E-state index >= 15 is 0 Å². The molecule has 4 rings (SSSR count). The van der Waals surface area contributed by atoms with Crippen LogP contribution in [0.2, 0.25) is 0 Å². The number of hydrogen-bond acceptors (Lipinski definition) is 2. The normalized spacial score (nSPS) is 15.3. The zero-order chi connectivity index (χ0) is 19.4. The van der Waals surface area contributed by atoms with Gasteiger partial charge < -0.3 is 10.6 Å². The van der Waals surface area contributed by atoms with E-state index < -0.39 is 5.54 Å². The third-order valence-corrected chi connectivity index (χ3v) is 5.30. The number of anilines is 1. The quantitative estimate of drug-likeness (QED) is 0.678. The molecule has 28 heavy (non-hydrogen) atoms. The molecule has 1 heterocycles. The van der Waals surface area contributed by atoms with Gasteiger partial charge in [0, 0.05) is 18.1 Å². The van der Waals surface area contributed by atoms with Crippen LogP contribution in [0.1, 0.15) is 36.8 Å². The van der Waals surface area contributed by atoms with E-state index in [0.717, 1.165) is 42.5 Å². The molecule has 1 aliphatic carbocycles. The maximum atomic E-state index is 13.3. The minimum absolute atomic E-state index is 0.248. The summed E-state index contributed by atoms with van der Waals surface area (Å²) in [6.07, 6.45) is 7.43. The Morgan fingerprint density at radius 2 is 1.89 bits per heavy atom. The highest BCUT2D eigenvalue weighted by molar-refractivity contribution is 5.90. The van der Waals surface area contributed by atoms with Crippen LogP contribution in [0.5, 0.6) is 0 Å². The molecule has 0 radical (unpaired) electrons. The first kappa shape index (κ1) is 18.2. The summed E-state index contributed by atoms with van der Waals surface area (Å²) >= 11 is 0. The number of amides is 2. The van der Waals surface area contributed by atoms with Gasteiger partial charge in [0.15, 0.2) is 0 Å². The summed E-state index contributed by atoms with van der Waals surface area (Å²) in [5.74, 6) is -0.268. The SMILES string of the molecule is O=C(Nc1cccc(Cn2cccn2)c1)NC1(c2ccc(F)cc2)CCCC1. The molecule has 1 aromatic heterocycles. The monoisotopic (exact) mass is 378 g/mol. The lowest BCUT2D eigenvalue weighted by atomic mass is 9.88. The van der Waals surface area contributed by atoms with Gasteiger partial charge in [0.1, 0.15) is 5.82 Å². The van der Waals surface area contributed by atoms with E-state index in [1.54, 1.807) is 18.3 Å². The minimum atomic E-state index is -0.440. The lowest BCUT2D eigenvalue weighted by Crippen LogP contribution is -2.45. The largest absolute Gasteiger partial charge is 0.328 e. The Bertz CT molecular complexity index is 931. The molecule has 0 unspecified atom stereocenters. The number of urea groups is 1. The maximum Gasteiger partial charge on any atom is 0.319 e. The second-order valence-corrected chi connectivity index (χ2v) is 7.28. The van der Waals surface area contributed by atoms with Crippen molar-refractivity contribution in [3.05, 3.63) is 83.9 Å². The highest BCUT2D eigenvalue weighted by atomic mass is 19.1. The van der Waals surface area contributed by atoms with Crippen molar-refractivity contribution in [2.45, 2.75) is 37.8 Å². The van der Waals surface area contributed by atoms with Crippen molar-refractivity contribution in [2.24, 2.45) is 0 Å². The predicted molar refractivity (Wildman–Crippen MR) is 106 cm³/mol. The van der Waals surface area contributed by atoms with Crippen LogP contribution in [-0.4, -0.2) is 15.8 Å². The van der Waals surface area contributed by atoms with Crippen LogP contribution < -0.4 is 10.6 Å². The lowest BCUT2D eigenvalue weighted by molar-refractivity contribution is 0.236. The second kappa shape index (κ2) is 7.84. The summed E-state index contributed by atoms with van der Waals surface area (Å²) in [4.78, 5) is 12.7. The fraction of sp³-hybridized carbons (Fsp3) is 0.273. The lowest BCUT2D eigenvalue weighted by Gasteiger charge is -2.31. The Morgan fingerprint density at radius 3 is 2.61 bits per heavy atom. The molecule has 0 atom stereocenters. The van der Waals surface area contributed by atoms with Crippen LogP contribution in [0.15, 0.2) is 67.0 Å². The molecular weight excluding hydrogens is 355 g/mol. The number of benzene rings is 2. The number of carbonyl (C=O) groups is 1. The van der Waals surface area contributed by atoms with Crippen LogP contribution in [0.3, 0.4) is 0 Å². The summed E-state index contributed by atoms with van der Waals surface area (Å²) in [6, 6.07) is 15.8. The van der Waals surface area contributed by atoms with Gasteiger partial charge in [0.05, 0.1) is 12.1 Å². The molecule has 0 spiro atoms. The van der Waals surface area contributed by atoms with Crippen molar-refractivity contribution in [1.82, 2.24) is 15.1 Å². The molecule has 0 bridgehead atoms. The van der Waals surface area contributed by atoms with E-state index in [9.17, 15) is 9.18 Å². The average Bonchev–Trinajstić information content (AvgIpc) is 3.35. The fourth-order valence-electron chi connectivity index (χ4n) is 3.94. The molecule has 1 aliphatic rings. The molecule has 6 heteroatoms. The molecule has 144 valence electrons. The molecule has 2 aromatic carbocycles. The van der Waals surface area contributed by atoms with Crippen molar-refractivity contribution in [3.8, 4) is 0 Å². The molecule has 2 amide bonds. The molecule has 2 N–H and O–H groups in total. The Hall–Kier alpha value is -3.15. The standard InChI is InChI=1S/C22H23FN4O/c23-19-9-7-18(8-10-19)22(11-1-2-12-22)26-21(28)25-20-6-3-5-17(15-20)16-27-14-4-13-24-27/h3-10,13-15H,1-2,11-12,16H2,(H2,25,26,28).